The van der Waals surface area contributed by atoms with Gasteiger partial charge in [0.2, 0.25) is 0 Å². The molecule has 3 aromatic heterocycles. The Morgan fingerprint density at radius 2 is 2.30 bits per heavy atom. The van der Waals surface area contributed by atoms with Crippen LogP contribution in [0, 0.1) is 0 Å². The summed E-state index contributed by atoms with van der Waals surface area (Å²) in [6.45, 7) is 1.37. The number of thiophene rings is 1. The second kappa shape index (κ2) is 5.94. The van der Waals surface area contributed by atoms with Gasteiger partial charge in [-0.1, -0.05) is 6.07 Å². The number of aromatic amines is 1. The van der Waals surface area contributed by atoms with Gasteiger partial charge in [-0.2, -0.15) is 0 Å². The molecule has 102 valence electrons. The molecule has 0 aromatic carbocycles. The monoisotopic (exact) mass is 286 g/mol. The standard InChI is InChI=1S/C14H14N4OS/c19-14-13-11(4-7-20-13)17-12(18-14)9-16-6-3-10-2-1-5-15-8-10/h1-2,4-5,7-8,16H,3,6,9H2,(H,17,18,19). The van der Waals surface area contributed by atoms with E-state index in [2.05, 4.69) is 20.3 Å². The summed E-state index contributed by atoms with van der Waals surface area (Å²) in [7, 11) is 0. The fourth-order valence-corrected chi connectivity index (χ4v) is 2.72. The van der Waals surface area contributed by atoms with Crippen molar-refractivity contribution >= 4 is 21.6 Å². The zero-order valence-electron chi connectivity index (χ0n) is 10.8. The highest BCUT2D eigenvalue weighted by Crippen LogP contribution is 2.13. The van der Waals surface area contributed by atoms with Crippen LogP contribution in [0.5, 0.6) is 0 Å². The highest BCUT2D eigenvalue weighted by Gasteiger charge is 2.04. The number of aromatic nitrogens is 3. The summed E-state index contributed by atoms with van der Waals surface area (Å²) < 4.78 is 0.684. The lowest BCUT2D eigenvalue weighted by Gasteiger charge is -2.04. The number of nitrogens with one attached hydrogen (secondary N) is 2. The average Bonchev–Trinajstić information content (AvgIpc) is 2.94. The maximum atomic E-state index is 11.8. The van der Waals surface area contributed by atoms with Crippen LogP contribution in [0.3, 0.4) is 0 Å². The van der Waals surface area contributed by atoms with Gasteiger partial charge in [-0.15, -0.1) is 11.3 Å². The summed E-state index contributed by atoms with van der Waals surface area (Å²) in [5.41, 5.74) is 1.90. The summed E-state index contributed by atoms with van der Waals surface area (Å²) in [6, 6.07) is 5.85. The first-order valence-electron chi connectivity index (χ1n) is 6.39. The van der Waals surface area contributed by atoms with E-state index in [1.165, 1.54) is 16.9 Å². The van der Waals surface area contributed by atoms with E-state index in [9.17, 15) is 4.79 Å². The van der Waals surface area contributed by atoms with E-state index < -0.39 is 0 Å². The molecule has 0 bridgehead atoms. The molecule has 0 unspecified atom stereocenters. The minimum Gasteiger partial charge on any atom is -0.310 e. The van der Waals surface area contributed by atoms with Crippen LogP contribution in [0.15, 0.2) is 40.8 Å². The van der Waals surface area contributed by atoms with E-state index in [0.29, 0.717) is 17.1 Å². The summed E-state index contributed by atoms with van der Waals surface area (Å²) in [5.74, 6) is 0.673. The third kappa shape index (κ3) is 2.92. The second-order valence-corrected chi connectivity index (χ2v) is 5.35. The molecule has 0 amide bonds. The minimum atomic E-state index is -0.0611. The maximum Gasteiger partial charge on any atom is 0.268 e. The topological polar surface area (TPSA) is 70.7 Å². The zero-order valence-corrected chi connectivity index (χ0v) is 11.6. The van der Waals surface area contributed by atoms with Gasteiger partial charge in [0.15, 0.2) is 0 Å². The van der Waals surface area contributed by atoms with E-state index in [-0.39, 0.29) is 5.56 Å². The molecule has 0 atom stereocenters. The molecular formula is C14H14N4OS. The molecule has 0 spiro atoms. The van der Waals surface area contributed by atoms with Crippen molar-refractivity contribution in [3.8, 4) is 0 Å². The Labute approximate surface area is 119 Å². The van der Waals surface area contributed by atoms with Gasteiger partial charge >= 0.3 is 0 Å². The van der Waals surface area contributed by atoms with Crippen LogP contribution in [0.25, 0.3) is 10.2 Å². The molecule has 0 aliphatic rings. The molecule has 5 nitrogen and oxygen atoms in total. The smallest absolute Gasteiger partial charge is 0.268 e. The van der Waals surface area contributed by atoms with Crippen molar-refractivity contribution in [3.63, 3.8) is 0 Å². The zero-order chi connectivity index (χ0) is 13.8. The first kappa shape index (κ1) is 13.0. The fourth-order valence-electron chi connectivity index (χ4n) is 1.99. The van der Waals surface area contributed by atoms with Crippen molar-refractivity contribution in [3.05, 3.63) is 57.7 Å². The van der Waals surface area contributed by atoms with Gasteiger partial charge in [-0.05, 0) is 36.0 Å². The van der Waals surface area contributed by atoms with Crippen LogP contribution < -0.4 is 10.9 Å². The summed E-state index contributed by atoms with van der Waals surface area (Å²) in [4.78, 5) is 23.1. The van der Waals surface area contributed by atoms with Crippen molar-refractivity contribution in [2.75, 3.05) is 6.54 Å². The number of pyridine rings is 1. The van der Waals surface area contributed by atoms with Gasteiger partial charge in [0.05, 0.1) is 12.1 Å². The Morgan fingerprint density at radius 1 is 1.35 bits per heavy atom. The molecule has 3 heterocycles. The molecule has 0 saturated heterocycles. The van der Waals surface area contributed by atoms with E-state index in [1.807, 2.05) is 29.8 Å². The number of rotatable bonds is 5. The van der Waals surface area contributed by atoms with Crippen LogP contribution in [-0.2, 0) is 13.0 Å². The summed E-state index contributed by atoms with van der Waals surface area (Å²) in [6.07, 6.45) is 4.53. The number of hydrogen-bond donors (Lipinski definition) is 2. The predicted molar refractivity (Wildman–Crippen MR) is 79.9 cm³/mol. The Kier molecular flexibility index (Phi) is 3.85. The first-order valence-corrected chi connectivity index (χ1v) is 7.27. The van der Waals surface area contributed by atoms with Gasteiger partial charge in [0.25, 0.3) is 5.56 Å². The normalized spacial score (nSPS) is 11.0. The molecule has 20 heavy (non-hydrogen) atoms. The summed E-state index contributed by atoms with van der Waals surface area (Å²) >= 11 is 1.41. The number of fused-ring (bicyclic) bond motifs is 1. The van der Waals surface area contributed by atoms with E-state index in [0.717, 1.165) is 18.5 Å². The molecule has 0 radical (unpaired) electrons. The molecule has 0 aliphatic heterocycles. The highest BCUT2D eigenvalue weighted by molar-refractivity contribution is 7.17. The molecule has 0 saturated carbocycles. The predicted octanol–water partition coefficient (Wildman–Crippen LogP) is 1.71. The molecule has 0 fully saturated rings. The summed E-state index contributed by atoms with van der Waals surface area (Å²) in [5, 5.41) is 5.16. The molecule has 6 heteroatoms. The third-order valence-electron chi connectivity index (χ3n) is 2.97. The number of nitrogens with zero attached hydrogens (tertiary/aromatic N) is 2. The molecule has 3 rings (SSSR count). The molecule has 0 aliphatic carbocycles. The average molecular weight is 286 g/mol. The van der Waals surface area contributed by atoms with Crippen LogP contribution in [0.1, 0.15) is 11.4 Å². The lowest BCUT2D eigenvalue weighted by Crippen LogP contribution is -2.21. The quantitative estimate of drug-likeness (QED) is 0.701. The Balaban J connectivity index is 1.58. The lowest BCUT2D eigenvalue weighted by atomic mass is 10.2. The van der Waals surface area contributed by atoms with Crippen molar-refractivity contribution in [1.82, 2.24) is 20.3 Å². The van der Waals surface area contributed by atoms with Crippen molar-refractivity contribution in [2.45, 2.75) is 13.0 Å². The number of hydrogen-bond acceptors (Lipinski definition) is 5. The second-order valence-electron chi connectivity index (χ2n) is 4.44. The van der Waals surface area contributed by atoms with Crippen LogP contribution in [0.2, 0.25) is 0 Å². The van der Waals surface area contributed by atoms with E-state index in [4.69, 9.17) is 0 Å². The molecular weight excluding hydrogens is 272 g/mol. The van der Waals surface area contributed by atoms with Gasteiger partial charge in [0.1, 0.15) is 10.5 Å². The fraction of sp³-hybridized carbons (Fsp3) is 0.214. The highest BCUT2D eigenvalue weighted by atomic mass is 32.1. The van der Waals surface area contributed by atoms with Gasteiger partial charge in [-0.3, -0.25) is 9.78 Å². The largest absolute Gasteiger partial charge is 0.310 e. The SMILES string of the molecule is O=c1[nH]c(CNCCc2cccnc2)nc2ccsc12. The van der Waals surface area contributed by atoms with Gasteiger partial charge in [-0.25, -0.2) is 4.98 Å². The van der Waals surface area contributed by atoms with Gasteiger partial charge < -0.3 is 10.3 Å². The lowest BCUT2D eigenvalue weighted by molar-refractivity contribution is 0.659. The Morgan fingerprint density at radius 3 is 3.15 bits per heavy atom. The number of H-pyrrole nitrogens is 1. The van der Waals surface area contributed by atoms with Gasteiger partial charge in [0, 0.05) is 12.4 Å². The Hall–Kier alpha value is -2.05. The third-order valence-corrected chi connectivity index (χ3v) is 3.87. The minimum absolute atomic E-state index is 0.0611. The van der Waals surface area contributed by atoms with Crippen LogP contribution in [0.4, 0.5) is 0 Å². The molecule has 3 aromatic rings. The van der Waals surface area contributed by atoms with Crippen LogP contribution in [-0.4, -0.2) is 21.5 Å². The first-order chi connectivity index (χ1) is 9.83. The van der Waals surface area contributed by atoms with E-state index in [1.54, 1.807) is 6.20 Å². The van der Waals surface area contributed by atoms with Crippen molar-refractivity contribution < 1.29 is 0 Å². The van der Waals surface area contributed by atoms with Crippen LogP contribution >= 0.6 is 11.3 Å². The van der Waals surface area contributed by atoms with E-state index >= 15 is 0 Å². The van der Waals surface area contributed by atoms with Crippen molar-refractivity contribution in [2.24, 2.45) is 0 Å². The Bertz CT molecular complexity index is 750. The maximum absolute atomic E-state index is 11.8. The molecule has 2 N–H and O–H groups in total. The van der Waals surface area contributed by atoms with Crippen molar-refractivity contribution in [1.29, 1.82) is 0 Å².